The fourth-order valence-electron chi connectivity index (χ4n) is 3.39. The fraction of sp³-hybridized carbons (Fsp3) is 0.300. The smallest absolute Gasteiger partial charge is 0.235 e. The first-order valence-corrected chi connectivity index (χ1v) is 8.24. The van der Waals surface area contributed by atoms with Crippen LogP contribution in [-0.2, 0) is 10.2 Å². The van der Waals surface area contributed by atoms with Gasteiger partial charge >= 0.3 is 0 Å². The van der Waals surface area contributed by atoms with Crippen molar-refractivity contribution in [2.45, 2.75) is 39.0 Å². The quantitative estimate of drug-likeness (QED) is 0.777. The number of hydrogen-bond acceptors (Lipinski definition) is 3. The zero-order valence-electron chi connectivity index (χ0n) is 14.1. The van der Waals surface area contributed by atoms with E-state index >= 15 is 0 Å². The lowest BCUT2D eigenvalue weighted by Crippen LogP contribution is -2.28. The summed E-state index contributed by atoms with van der Waals surface area (Å²) in [6, 6.07) is 12.0. The van der Waals surface area contributed by atoms with Gasteiger partial charge in [0.1, 0.15) is 5.52 Å². The molecule has 4 heteroatoms. The highest BCUT2D eigenvalue weighted by Gasteiger charge is 2.51. The third-order valence-electron chi connectivity index (χ3n) is 4.71. The predicted molar refractivity (Wildman–Crippen MR) is 94.2 cm³/mol. The minimum Gasteiger partial charge on any atom is -0.441 e. The van der Waals surface area contributed by atoms with Gasteiger partial charge in [-0.15, -0.1) is 0 Å². The topological polar surface area (TPSA) is 55.1 Å². The number of hydrogen-bond donors (Lipinski definition) is 1. The molecule has 4 rings (SSSR count). The number of rotatable bonds is 3. The van der Waals surface area contributed by atoms with Crippen LogP contribution in [0.15, 0.2) is 40.8 Å². The standard InChI is InChI=1S/C20H20N2O2/c1-12-8-13(2)10-15(9-12)20(6-7-20)19(23)22-16-4-5-17-18(11-16)24-14(3)21-17/h4-5,8-11H,6-7H2,1-3H3,(H,22,23). The Morgan fingerprint density at radius 3 is 2.46 bits per heavy atom. The van der Waals surface area contributed by atoms with Crippen molar-refractivity contribution < 1.29 is 9.21 Å². The van der Waals surface area contributed by atoms with Crippen LogP contribution in [0.5, 0.6) is 0 Å². The Bertz CT molecular complexity index is 931. The molecule has 1 N–H and O–H groups in total. The number of oxazole rings is 1. The molecular formula is C20H20N2O2. The summed E-state index contributed by atoms with van der Waals surface area (Å²) in [5.74, 6) is 0.686. The molecule has 1 saturated carbocycles. The van der Waals surface area contributed by atoms with Gasteiger partial charge in [0.25, 0.3) is 0 Å². The number of anilines is 1. The van der Waals surface area contributed by atoms with Crippen molar-refractivity contribution >= 4 is 22.7 Å². The summed E-state index contributed by atoms with van der Waals surface area (Å²) in [6.07, 6.45) is 1.79. The Morgan fingerprint density at radius 1 is 1.08 bits per heavy atom. The average molecular weight is 320 g/mol. The maximum atomic E-state index is 12.9. The number of carbonyl (C=O) groups excluding carboxylic acids is 1. The predicted octanol–water partition coefficient (Wildman–Crippen LogP) is 4.42. The number of fused-ring (bicyclic) bond motifs is 1. The van der Waals surface area contributed by atoms with Crippen molar-refractivity contribution in [3.63, 3.8) is 0 Å². The van der Waals surface area contributed by atoms with E-state index in [2.05, 4.69) is 42.3 Å². The Labute approximate surface area is 140 Å². The summed E-state index contributed by atoms with van der Waals surface area (Å²) in [5, 5.41) is 3.06. The lowest BCUT2D eigenvalue weighted by Gasteiger charge is -2.17. The monoisotopic (exact) mass is 320 g/mol. The molecule has 1 aromatic heterocycles. The second kappa shape index (κ2) is 5.20. The number of aryl methyl sites for hydroxylation is 3. The molecular weight excluding hydrogens is 300 g/mol. The molecule has 0 radical (unpaired) electrons. The summed E-state index contributed by atoms with van der Waals surface area (Å²) >= 11 is 0. The summed E-state index contributed by atoms with van der Waals surface area (Å²) < 4.78 is 5.55. The van der Waals surface area contributed by atoms with E-state index in [1.807, 2.05) is 25.1 Å². The van der Waals surface area contributed by atoms with E-state index < -0.39 is 0 Å². The van der Waals surface area contributed by atoms with Crippen LogP contribution in [-0.4, -0.2) is 10.9 Å². The lowest BCUT2D eigenvalue weighted by atomic mass is 9.92. The Balaban J connectivity index is 1.62. The Kier molecular flexibility index (Phi) is 3.23. The van der Waals surface area contributed by atoms with Gasteiger partial charge in [-0.2, -0.15) is 0 Å². The molecule has 122 valence electrons. The van der Waals surface area contributed by atoms with Gasteiger partial charge in [-0.25, -0.2) is 4.98 Å². The molecule has 1 heterocycles. The third kappa shape index (κ3) is 2.48. The van der Waals surface area contributed by atoms with Crippen molar-refractivity contribution in [1.82, 2.24) is 4.98 Å². The van der Waals surface area contributed by atoms with Crippen LogP contribution in [0.25, 0.3) is 11.1 Å². The molecule has 0 spiro atoms. The highest BCUT2D eigenvalue weighted by molar-refractivity contribution is 6.02. The van der Waals surface area contributed by atoms with E-state index in [-0.39, 0.29) is 11.3 Å². The van der Waals surface area contributed by atoms with Crippen LogP contribution < -0.4 is 5.32 Å². The molecule has 1 aliphatic carbocycles. The number of nitrogens with zero attached hydrogens (tertiary/aromatic N) is 1. The normalized spacial score (nSPS) is 15.5. The van der Waals surface area contributed by atoms with Crippen molar-refractivity contribution in [1.29, 1.82) is 0 Å². The molecule has 1 aliphatic rings. The van der Waals surface area contributed by atoms with E-state index in [4.69, 9.17) is 4.42 Å². The number of benzene rings is 2. The van der Waals surface area contributed by atoms with Gasteiger partial charge in [0, 0.05) is 18.7 Å². The lowest BCUT2D eigenvalue weighted by molar-refractivity contribution is -0.118. The SMILES string of the molecule is Cc1cc(C)cc(C2(C(=O)Nc3ccc4nc(C)oc4c3)CC2)c1. The molecule has 3 aromatic rings. The van der Waals surface area contributed by atoms with Crippen LogP contribution in [0.1, 0.15) is 35.4 Å². The number of aromatic nitrogens is 1. The van der Waals surface area contributed by atoms with Crippen molar-refractivity contribution in [3.05, 3.63) is 59.0 Å². The van der Waals surface area contributed by atoms with Gasteiger partial charge in [-0.05, 0) is 44.4 Å². The van der Waals surface area contributed by atoms with Crippen LogP contribution in [0.4, 0.5) is 5.69 Å². The summed E-state index contributed by atoms with van der Waals surface area (Å²) in [4.78, 5) is 17.2. The Morgan fingerprint density at radius 2 is 1.79 bits per heavy atom. The highest BCUT2D eigenvalue weighted by atomic mass is 16.3. The highest BCUT2D eigenvalue weighted by Crippen LogP contribution is 2.49. The van der Waals surface area contributed by atoms with Gasteiger partial charge < -0.3 is 9.73 Å². The molecule has 0 bridgehead atoms. The summed E-state index contributed by atoms with van der Waals surface area (Å²) in [7, 11) is 0. The van der Waals surface area contributed by atoms with E-state index in [0.29, 0.717) is 11.5 Å². The molecule has 1 amide bonds. The molecule has 24 heavy (non-hydrogen) atoms. The first-order valence-electron chi connectivity index (χ1n) is 8.24. The minimum absolute atomic E-state index is 0.0584. The second-order valence-electron chi connectivity index (χ2n) is 6.83. The first-order chi connectivity index (χ1) is 11.5. The van der Waals surface area contributed by atoms with Gasteiger partial charge in [-0.3, -0.25) is 4.79 Å². The molecule has 0 aliphatic heterocycles. The van der Waals surface area contributed by atoms with E-state index in [1.165, 1.54) is 11.1 Å². The van der Waals surface area contributed by atoms with E-state index in [9.17, 15) is 4.79 Å². The first kappa shape index (κ1) is 14.9. The Hall–Kier alpha value is -2.62. The fourth-order valence-corrected chi connectivity index (χ4v) is 3.39. The van der Waals surface area contributed by atoms with Crippen LogP contribution in [0.3, 0.4) is 0 Å². The molecule has 0 saturated heterocycles. The van der Waals surface area contributed by atoms with Crippen LogP contribution in [0.2, 0.25) is 0 Å². The van der Waals surface area contributed by atoms with Crippen LogP contribution in [0, 0.1) is 20.8 Å². The van der Waals surface area contributed by atoms with Crippen molar-refractivity contribution in [2.75, 3.05) is 5.32 Å². The van der Waals surface area contributed by atoms with Crippen LogP contribution >= 0.6 is 0 Å². The maximum absolute atomic E-state index is 12.9. The van der Waals surface area contributed by atoms with Gasteiger partial charge in [0.15, 0.2) is 11.5 Å². The molecule has 0 atom stereocenters. The van der Waals surface area contributed by atoms with E-state index in [1.54, 1.807) is 0 Å². The molecule has 0 unspecified atom stereocenters. The van der Waals surface area contributed by atoms with Gasteiger partial charge in [0.05, 0.1) is 5.41 Å². The summed E-state index contributed by atoms with van der Waals surface area (Å²) in [5.41, 5.74) is 5.38. The van der Waals surface area contributed by atoms with Crippen molar-refractivity contribution in [3.8, 4) is 0 Å². The third-order valence-corrected chi connectivity index (χ3v) is 4.71. The molecule has 4 nitrogen and oxygen atoms in total. The zero-order valence-corrected chi connectivity index (χ0v) is 14.1. The summed E-state index contributed by atoms with van der Waals surface area (Å²) in [6.45, 7) is 5.97. The number of amides is 1. The number of carbonyl (C=O) groups is 1. The largest absolute Gasteiger partial charge is 0.441 e. The molecule has 2 aromatic carbocycles. The molecule has 1 fully saturated rings. The minimum atomic E-state index is -0.386. The van der Waals surface area contributed by atoms with Crippen molar-refractivity contribution in [2.24, 2.45) is 0 Å². The zero-order chi connectivity index (χ0) is 16.9. The second-order valence-corrected chi connectivity index (χ2v) is 6.83. The average Bonchev–Trinajstić information content (AvgIpc) is 3.23. The number of nitrogens with one attached hydrogen (secondary N) is 1. The maximum Gasteiger partial charge on any atom is 0.235 e. The van der Waals surface area contributed by atoms with Gasteiger partial charge in [0.2, 0.25) is 5.91 Å². The van der Waals surface area contributed by atoms with E-state index in [0.717, 1.165) is 29.6 Å². The van der Waals surface area contributed by atoms with Gasteiger partial charge in [-0.1, -0.05) is 29.3 Å².